The Labute approximate surface area is 161 Å². The van der Waals surface area contributed by atoms with Gasteiger partial charge < -0.3 is 15.4 Å². The number of rotatable bonds is 6. The summed E-state index contributed by atoms with van der Waals surface area (Å²) in [5, 5.41) is 5.00. The Morgan fingerprint density at radius 3 is 2.18 bits per heavy atom. The van der Waals surface area contributed by atoms with Gasteiger partial charge in [0.2, 0.25) is 0 Å². The van der Waals surface area contributed by atoms with Crippen LogP contribution >= 0.6 is 0 Å². The van der Waals surface area contributed by atoms with Crippen molar-refractivity contribution in [1.82, 2.24) is 16.2 Å². The van der Waals surface area contributed by atoms with E-state index in [1.807, 2.05) is 0 Å². The van der Waals surface area contributed by atoms with Crippen LogP contribution < -0.4 is 26.2 Å². The van der Waals surface area contributed by atoms with Gasteiger partial charge >= 0.3 is 6.03 Å². The minimum Gasteiger partial charge on any atom is -0.478 e. The molecular weight excluding hydrogens is 367 g/mol. The van der Waals surface area contributed by atoms with Gasteiger partial charge in [-0.1, -0.05) is 30.3 Å². The number of hydrogen-bond acceptors (Lipinski definition) is 4. The van der Waals surface area contributed by atoms with Gasteiger partial charge in [0.1, 0.15) is 6.04 Å². The van der Waals surface area contributed by atoms with Crippen molar-refractivity contribution >= 4 is 23.5 Å². The Bertz CT molecular complexity index is 832. The third-order valence-electron chi connectivity index (χ3n) is 3.59. The number of amides is 4. The summed E-state index contributed by atoms with van der Waals surface area (Å²) < 4.78 is 18.8. The van der Waals surface area contributed by atoms with Gasteiger partial charge in [-0.3, -0.25) is 20.4 Å². The quantitative estimate of drug-likeness (QED) is 0.567. The first kappa shape index (κ1) is 20.7. The number of benzene rings is 2. The van der Waals surface area contributed by atoms with Crippen molar-refractivity contribution in [3.63, 3.8) is 0 Å². The van der Waals surface area contributed by atoms with E-state index >= 15 is 0 Å². The molecule has 0 radical (unpaired) electrons. The molecule has 4 N–H and O–H groups in total. The molecule has 9 heteroatoms. The van der Waals surface area contributed by atoms with Crippen LogP contribution in [0, 0.1) is 5.82 Å². The fraction of sp³-hybridized carbons (Fsp3) is 0.211. The van der Waals surface area contributed by atoms with E-state index in [2.05, 4.69) is 21.5 Å². The van der Waals surface area contributed by atoms with E-state index in [9.17, 15) is 18.8 Å². The van der Waals surface area contributed by atoms with Gasteiger partial charge in [-0.15, -0.1) is 0 Å². The second kappa shape index (κ2) is 9.91. The monoisotopic (exact) mass is 388 g/mol. The van der Waals surface area contributed by atoms with Gasteiger partial charge in [0.25, 0.3) is 11.8 Å². The van der Waals surface area contributed by atoms with E-state index in [1.165, 1.54) is 32.0 Å². The number of urea groups is 1. The number of anilines is 1. The molecule has 0 heterocycles. The van der Waals surface area contributed by atoms with Crippen LogP contribution in [0.3, 0.4) is 0 Å². The van der Waals surface area contributed by atoms with Crippen LogP contribution in [0.15, 0.2) is 54.6 Å². The second-order valence-corrected chi connectivity index (χ2v) is 5.86. The van der Waals surface area contributed by atoms with Gasteiger partial charge in [-0.05, 0) is 38.1 Å². The predicted octanol–water partition coefficient (Wildman–Crippen LogP) is 1.95. The first-order chi connectivity index (χ1) is 13.4. The minimum atomic E-state index is -1.05. The molecular formula is C19H21FN4O4. The normalized spacial score (nSPS) is 12.2. The van der Waals surface area contributed by atoms with Crippen molar-refractivity contribution in [3.8, 4) is 5.75 Å². The number of carbonyl (C=O) groups excluding carboxylic acids is 3. The van der Waals surface area contributed by atoms with Crippen LogP contribution in [0.1, 0.15) is 13.8 Å². The van der Waals surface area contributed by atoms with Crippen molar-refractivity contribution in [1.29, 1.82) is 0 Å². The Balaban J connectivity index is 1.76. The molecule has 2 atom stereocenters. The molecule has 0 spiro atoms. The number of para-hydroxylation sites is 2. The van der Waals surface area contributed by atoms with Crippen LogP contribution in [0.25, 0.3) is 0 Å². The molecule has 0 saturated heterocycles. The molecule has 4 amide bonds. The van der Waals surface area contributed by atoms with E-state index < -0.39 is 35.8 Å². The van der Waals surface area contributed by atoms with Gasteiger partial charge in [-0.25, -0.2) is 9.18 Å². The molecule has 0 aromatic heterocycles. The lowest BCUT2D eigenvalue weighted by Crippen LogP contribution is -2.53. The van der Waals surface area contributed by atoms with Crippen LogP contribution in [0.2, 0.25) is 0 Å². The Morgan fingerprint density at radius 2 is 1.50 bits per heavy atom. The van der Waals surface area contributed by atoms with Crippen LogP contribution in [-0.2, 0) is 9.59 Å². The molecule has 2 aromatic carbocycles. The van der Waals surface area contributed by atoms with E-state index in [0.29, 0.717) is 5.69 Å². The summed E-state index contributed by atoms with van der Waals surface area (Å²) in [7, 11) is 0. The second-order valence-electron chi connectivity index (χ2n) is 5.86. The highest BCUT2D eigenvalue weighted by atomic mass is 19.1. The van der Waals surface area contributed by atoms with E-state index in [0.717, 1.165) is 0 Å². The van der Waals surface area contributed by atoms with Crippen molar-refractivity contribution in [3.05, 3.63) is 60.4 Å². The lowest BCUT2D eigenvalue weighted by molar-refractivity contribution is -0.133. The highest BCUT2D eigenvalue weighted by Crippen LogP contribution is 2.16. The molecule has 28 heavy (non-hydrogen) atoms. The first-order valence-electron chi connectivity index (χ1n) is 8.50. The molecule has 8 nitrogen and oxygen atoms in total. The fourth-order valence-electron chi connectivity index (χ4n) is 2.07. The molecule has 148 valence electrons. The zero-order chi connectivity index (χ0) is 20.5. The number of nitrogens with one attached hydrogen (secondary N) is 4. The maximum Gasteiger partial charge on any atom is 0.319 e. The largest absolute Gasteiger partial charge is 0.478 e. The zero-order valence-corrected chi connectivity index (χ0v) is 15.4. The molecule has 0 aliphatic heterocycles. The van der Waals surface area contributed by atoms with Crippen LogP contribution in [0.5, 0.6) is 5.75 Å². The summed E-state index contributed by atoms with van der Waals surface area (Å²) >= 11 is 0. The first-order valence-corrected chi connectivity index (χ1v) is 8.50. The van der Waals surface area contributed by atoms with E-state index in [1.54, 1.807) is 36.4 Å². The zero-order valence-electron chi connectivity index (χ0n) is 15.4. The van der Waals surface area contributed by atoms with Crippen molar-refractivity contribution < 1.29 is 23.5 Å². The topological polar surface area (TPSA) is 109 Å². The summed E-state index contributed by atoms with van der Waals surface area (Å²) in [6.45, 7) is 2.86. The Morgan fingerprint density at radius 1 is 0.893 bits per heavy atom. The molecule has 0 fully saturated rings. The molecule has 0 aliphatic carbocycles. The highest BCUT2D eigenvalue weighted by Gasteiger charge is 2.20. The lowest BCUT2D eigenvalue weighted by Gasteiger charge is -2.18. The van der Waals surface area contributed by atoms with Crippen LogP contribution in [0.4, 0.5) is 14.9 Å². The SMILES string of the molecule is C[C@H](NC(=O)Nc1ccccc1)C(=O)NNC(=O)[C@H](C)Oc1ccccc1F. The summed E-state index contributed by atoms with van der Waals surface area (Å²) in [6, 6.07) is 12.9. The third-order valence-corrected chi connectivity index (χ3v) is 3.59. The summed E-state index contributed by atoms with van der Waals surface area (Å²) in [5.74, 6) is -2.01. The number of hydrogen-bond donors (Lipinski definition) is 4. The van der Waals surface area contributed by atoms with E-state index in [4.69, 9.17) is 4.74 Å². The summed E-state index contributed by atoms with van der Waals surface area (Å²) in [5.41, 5.74) is 4.92. The number of ether oxygens (including phenoxy) is 1. The summed E-state index contributed by atoms with van der Waals surface area (Å²) in [6.07, 6.45) is -1.05. The molecule has 0 bridgehead atoms. The van der Waals surface area contributed by atoms with Gasteiger partial charge in [0.05, 0.1) is 0 Å². The van der Waals surface area contributed by atoms with Gasteiger partial charge in [0.15, 0.2) is 17.7 Å². The minimum absolute atomic E-state index is 0.0795. The van der Waals surface area contributed by atoms with Gasteiger partial charge in [-0.2, -0.15) is 0 Å². The standard InChI is InChI=1S/C19H21FN4O4/c1-12(21-19(27)22-14-8-4-3-5-9-14)17(25)23-24-18(26)13(2)28-16-11-7-6-10-15(16)20/h3-13H,1-2H3,(H,23,25)(H,24,26)(H2,21,22,27)/t12-,13-/m0/s1. The Hall–Kier alpha value is -3.62. The average molecular weight is 388 g/mol. The maximum atomic E-state index is 13.5. The molecule has 0 saturated carbocycles. The highest BCUT2D eigenvalue weighted by molar-refractivity contribution is 5.94. The van der Waals surface area contributed by atoms with Gasteiger partial charge in [0, 0.05) is 5.69 Å². The summed E-state index contributed by atoms with van der Waals surface area (Å²) in [4.78, 5) is 35.8. The smallest absolute Gasteiger partial charge is 0.319 e. The molecule has 0 unspecified atom stereocenters. The van der Waals surface area contributed by atoms with Crippen molar-refractivity contribution in [2.45, 2.75) is 26.0 Å². The predicted molar refractivity (Wildman–Crippen MR) is 101 cm³/mol. The fourth-order valence-corrected chi connectivity index (χ4v) is 2.07. The molecule has 2 aromatic rings. The number of halogens is 1. The van der Waals surface area contributed by atoms with Crippen molar-refractivity contribution in [2.24, 2.45) is 0 Å². The van der Waals surface area contributed by atoms with E-state index in [-0.39, 0.29) is 5.75 Å². The molecule has 0 aliphatic rings. The molecule has 2 rings (SSSR count). The van der Waals surface area contributed by atoms with Crippen molar-refractivity contribution in [2.75, 3.05) is 5.32 Å². The third kappa shape index (κ3) is 6.27. The Kier molecular flexibility index (Phi) is 7.32. The maximum absolute atomic E-state index is 13.5. The van der Waals surface area contributed by atoms with Crippen LogP contribution in [-0.4, -0.2) is 30.0 Å². The number of carbonyl (C=O) groups is 3. The number of hydrazine groups is 1. The average Bonchev–Trinajstić information content (AvgIpc) is 2.68. The lowest BCUT2D eigenvalue weighted by atomic mass is 10.3.